The fraction of sp³-hybridized carbons (Fsp3) is 0.312. The monoisotopic (exact) mass is 259 g/mol. The van der Waals surface area contributed by atoms with Crippen LogP contribution in [0.1, 0.15) is 26.3 Å². The van der Waals surface area contributed by atoms with E-state index < -0.39 is 0 Å². The summed E-state index contributed by atoms with van der Waals surface area (Å²) in [5, 5.41) is 0. The normalized spacial score (nSPS) is 11.4. The second kappa shape index (κ2) is 5.00. The van der Waals surface area contributed by atoms with Gasteiger partial charge in [-0.2, -0.15) is 0 Å². The van der Waals surface area contributed by atoms with Crippen molar-refractivity contribution in [3.63, 3.8) is 0 Å². The molecule has 0 saturated heterocycles. The van der Waals surface area contributed by atoms with Crippen LogP contribution in [0.2, 0.25) is 0 Å². The van der Waals surface area contributed by atoms with E-state index in [0.29, 0.717) is 17.0 Å². The molecule has 0 bridgehead atoms. The number of benzene rings is 1. The number of rotatable bonds is 2. The van der Waals surface area contributed by atoms with Gasteiger partial charge in [0.05, 0.1) is 7.11 Å². The molecule has 0 aliphatic heterocycles. The Kier molecular flexibility index (Phi) is 3.56. The van der Waals surface area contributed by atoms with E-state index in [1.54, 1.807) is 19.4 Å². The molecule has 1 aromatic carbocycles. The average molecular weight is 259 g/mol. The van der Waals surface area contributed by atoms with E-state index in [4.69, 9.17) is 4.74 Å². The van der Waals surface area contributed by atoms with Crippen molar-refractivity contribution in [1.82, 2.24) is 4.98 Å². The second-order valence-corrected chi connectivity index (χ2v) is 5.50. The van der Waals surface area contributed by atoms with Gasteiger partial charge in [0, 0.05) is 11.8 Å². The standard InChI is InChI=1S/C16H18FNO/c1-16(2,3)11-7-8-14(19-4)12(10-11)15-13(17)6-5-9-18-15/h5-10H,1-4H3. The highest BCUT2D eigenvalue weighted by atomic mass is 19.1. The molecular weight excluding hydrogens is 241 g/mol. The molecule has 0 unspecified atom stereocenters. The van der Waals surface area contributed by atoms with Crippen LogP contribution in [0.5, 0.6) is 5.75 Å². The van der Waals surface area contributed by atoms with E-state index in [2.05, 4.69) is 25.8 Å². The molecule has 0 spiro atoms. The van der Waals surface area contributed by atoms with Gasteiger partial charge in [0.2, 0.25) is 0 Å². The van der Waals surface area contributed by atoms with Crippen molar-refractivity contribution in [2.75, 3.05) is 7.11 Å². The molecule has 3 heteroatoms. The molecule has 1 heterocycles. The predicted octanol–water partition coefficient (Wildman–Crippen LogP) is 4.19. The van der Waals surface area contributed by atoms with Crippen LogP contribution in [0.15, 0.2) is 36.5 Å². The summed E-state index contributed by atoms with van der Waals surface area (Å²) in [6, 6.07) is 8.81. The van der Waals surface area contributed by atoms with Gasteiger partial charge in [0.1, 0.15) is 17.3 Å². The molecule has 0 amide bonds. The Labute approximate surface area is 113 Å². The number of hydrogen-bond donors (Lipinski definition) is 0. The van der Waals surface area contributed by atoms with Crippen LogP contribution in [0, 0.1) is 5.82 Å². The van der Waals surface area contributed by atoms with Crippen LogP contribution in [0.4, 0.5) is 4.39 Å². The number of methoxy groups -OCH3 is 1. The highest BCUT2D eigenvalue weighted by Crippen LogP contribution is 2.34. The molecule has 2 aromatic rings. The number of hydrogen-bond acceptors (Lipinski definition) is 2. The lowest BCUT2D eigenvalue weighted by Crippen LogP contribution is -2.11. The molecule has 0 radical (unpaired) electrons. The van der Waals surface area contributed by atoms with Gasteiger partial charge in [-0.05, 0) is 35.2 Å². The summed E-state index contributed by atoms with van der Waals surface area (Å²) < 4.78 is 19.2. The summed E-state index contributed by atoms with van der Waals surface area (Å²) >= 11 is 0. The zero-order valence-corrected chi connectivity index (χ0v) is 11.7. The van der Waals surface area contributed by atoms with Crippen molar-refractivity contribution in [2.24, 2.45) is 0 Å². The van der Waals surface area contributed by atoms with Gasteiger partial charge in [0.25, 0.3) is 0 Å². The lowest BCUT2D eigenvalue weighted by atomic mass is 9.85. The topological polar surface area (TPSA) is 22.1 Å². The van der Waals surface area contributed by atoms with Crippen LogP contribution in [-0.4, -0.2) is 12.1 Å². The third kappa shape index (κ3) is 2.75. The lowest BCUT2D eigenvalue weighted by molar-refractivity contribution is 0.415. The molecule has 0 saturated carbocycles. The molecule has 19 heavy (non-hydrogen) atoms. The fourth-order valence-corrected chi connectivity index (χ4v) is 1.94. The van der Waals surface area contributed by atoms with E-state index >= 15 is 0 Å². The molecule has 2 rings (SSSR count). The average Bonchev–Trinajstić information content (AvgIpc) is 2.37. The fourth-order valence-electron chi connectivity index (χ4n) is 1.94. The highest BCUT2D eigenvalue weighted by Gasteiger charge is 2.18. The predicted molar refractivity (Wildman–Crippen MR) is 74.9 cm³/mol. The minimum atomic E-state index is -0.341. The van der Waals surface area contributed by atoms with Crippen LogP contribution in [-0.2, 0) is 5.41 Å². The summed E-state index contributed by atoms with van der Waals surface area (Å²) in [6.45, 7) is 6.36. The van der Waals surface area contributed by atoms with E-state index in [9.17, 15) is 4.39 Å². The van der Waals surface area contributed by atoms with Crippen molar-refractivity contribution < 1.29 is 9.13 Å². The lowest BCUT2D eigenvalue weighted by Gasteiger charge is -2.21. The first kappa shape index (κ1) is 13.5. The smallest absolute Gasteiger partial charge is 0.149 e. The van der Waals surface area contributed by atoms with E-state index in [-0.39, 0.29) is 11.2 Å². The van der Waals surface area contributed by atoms with Crippen molar-refractivity contribution >= 4 is 0 Å². The Balaban J connectivity index is 2.64. The molecule has 2 nitrogen and oxygen atoms in total. The quantitative estimate of drug-likeness (QED) is 0.806. The molecular formula is C16H18FNO. The largest absolute Gasteiger partial charge is 0.496 e. The SMILES string of the molecule is COc1ccc(C(C)(C)C)cc1-c1ncccc1F. The van der Waals surface area contributed by atoms with Crippen LogP contribution in [0.3, 0.4) is 0 Å². The van der Waals surface area contributed by atoms with Crippen molar-refractivity contribution in [2.45, 2.75) is 26.2 Å². The van der Waals surface area contributed by atoms with Gasteiger partial charge in [-0.3, -0.25) is 4.98 Å². The van der Waals surface area contributed by atoms with Gasteiger partial charge in [0.15, 0.2) is 0 Å². The number of nitrogens with zero attached hydrogens (tertiary/aromatic N) is 1. The minimum absolute atomic E-state index is 0.00766. The summed E-state index contributed by atoms with van der Waals surface area (Å²) in [7, 11) is 1.58. The minimum Gasteiger partial charge on any atom is -0.496 e. The Morgan fingerprint density at radius 1 is 1.16 bits per heavy atom. The second-order valence-electron chi connectivity index (χ2n) is 5.50. The third-order valence-corrected chi connectivity index (χ3v) is 3.08. The number of pyridine rings is 1. The zero-order chi connectivity index (χ0) is 14.0. The van der Waals surface area contributed by atoms with Gasteiger partial charge in [-0.1, -0.05) is 26.8 Å². The summed E-state index contributed by atoms with van der Waals surface area (Å²) in [6.07, 6.45) is 1.58. The van der Waals surface area contributed by atoms with Gasteiger partial charge in [-0.25, -0.2) is 4.39 Å². The van der Waals surface area contributed by atoms with Gasteiger partial charge < -0.3 is 4.74 Å². The van der Waals surface area contributed by atoms with E-state index in [1.165, 1.54) is 6.07 Å². The molecule has 100 valence electrons. The van der Waals surface area contributed by atoms with Crippen molar-refractivity contribution in [3.05, 3.63) is 47.9 Å². The van der Waals surface area contributed by atoms with Crippen molar-refractivity contribution in [1.29, 1.82) is 0 Å². The third-order valence-electron chi connectivity index (χ3n) is 3.08. The van der Waals surface area contributed by atoms with Gasteiger partial charge >= 0.3 is 0 Å². The van der Waals surface area contributed by atoms with Crippen molar-refractivity contribution in [3.8, 4) is 17.0 Å². The number of ether oxygens (including phenoxy) is 1. The van der Waals surface area contributed by atoms with Crippen LogP contribution >= 0.6 is 0 Å². The molecule has 0 atom stereocenters. The van der Waals surface area contributed by atoms with E-state index in [1.807, 2.05) is 18.2 Å². The first-order chi connectivity index (χ1) is 8.93. The maximum absolute atomic E-state index is 13.9. The molecule has 0 aliphatic carbocycles. The molecule has 1 aromatic heterocycles. The molecule has 0 fully saturated rings. The Morgan fingerprint density at radius 2 is 1.89 bits per heavy atom. The first-order valence-corrected chi connectivity index (χ1v) is 6.23. The van der Waals surface area contributed by atoms with Gasteiger partial charge in [-0.15, -0.1) is 0 Å². The Bertz CT molecular complexity index is 588. The Hall–Kier alpha value is -1.90. The number of halogens is 1. The van der Waals surface area contributed by atoms with Crippen LogP contribution in [0.25, 0.3) is 11.3 Å². The number of aromatic nitrogens is 1. The molecule has 0 N–H and O–H groups in total. The zero-order valence-electron chi connectivity index (χ0n) is 11.7. The highest BCUT2D eigenvalue weighted by molar-refractivity contribution is 5.68. The summed E-state index contributed by atoms with van der Waals surface area (Å²) in [5.41, 5.74) is 2.12. The summed E-state index contributed by atoms with van der Waals surface area (Å²) in [5.74, 6) is 0.289. The maximum atomic E-state index is 13.9. The van der Waals surface area contributed by atoms with Crippen LogP contribution < -0.4 is 4.74 Å². The first-order valence-electron chi connectivity index (χ1n) is 6.23. The maximum Gasteiger partial charge on any atom is 0.149 e. The Morgan fingerprint density at radius 3 is 2.47 bits per heavy atom. The summed E-state index contributed by atoms with van der Waals surface area (Å²) in [4.78, 5) is 4.13. The van der Waals surface area contributed by atoms with E-state index in [0.717, 1.165) is 5.56 Å². The molecule has 0 aliphatic rings.